The van der Waals surface area contributed by atoms with Gasteiger partial charge in [0.05, 0.1) is 29.4 Å². The third-order valence-electron chi connectivity index (χ3n) is 2.70. The number of anilines is 1. The van der Waals surface area contributed by atoms with Gasteiger partial charge >= 0.3 is 0 Å². The lowest BCUT2D eigenvalue weighted by Gasteiger charge is -2.23. The Kier molecular flexibility index (Phi) is 5.12. The first-order valence-electron chi connectivity index (χ1n) is 5.94. The molecule has 5 nitrogen and oxygen atoms in total. The Bertz CT molecular complexity index is 453. The van der Waals surface area contributed by atoms with Gasteiger partial charge in [-0.3, -0.25) is 9.78 Å². The van der Waals surface area contributed by atoms with Crippen LogP contribution in [0.25, 0.3) is 0 Å². The molecule has 0 fully saturated rings. The Morgan fingerprint density at radius 3 is 2.94 bits per heavy atom. The van der Waals surface area contributed by atoms with Crippen molar-refractivity contribution in [1.82, 2.24) is 9.88 Å². The zero-order chi connectivity index (χ0) is 13.5. The zero-order valence-corrected chi connectivity index (χ0v) is 11.0. The van der Waals surface area contributed by atoms with Crippen molar-refractivity contribution < 1.29 is 4.79 Å². The van der Waals surface area contributed by atoms with Crippen LogP contribution in [0.1, 0.15) is 24.2 Å². The lowest BCUT2D eigenvalue weighted by Crippen LogP contribution is -2.34. The van der Waals surface area contributed by atoms with Crippen LogP contribution in [0.3, 0.4) is 0 Å². The molecule has 1 rings (SSSR count). The molecule has 18 heavy (non-hydrogen) atoms. The number of nitrogens with zero attached hydrogens (tertiary/aromatic N) is 3. The molecule has 1 aromatic rings. The zero-order valence-electron chi connectivity index (χ0n) is 11.0. The molecule has 0 saturated carbocycles. The third kappa shape index (κ3) is 3.20. The maximum absolute atomic E-state index is 12.4. The van der Waals surface area contributed by atoms with Crippen molar-refractivity contribution in [2.24, 2.45) is 5.92 Å². The van der Waals surface area contributed by atoms with Gasteiger partial charge in [0.1, 0.15) is 0 Å². The van der Waals surface area contributed by atoms with Gasteiger partial charge in [-0.2, -0.15) is 5.26 Å². The summed E-state index contributed by atoms with van der Waals surface area (Å²) in [4.78, 5) is 18.0. The summed E-state index contributed by atoms with van der Waals surface area (Å²) in [5.74, 6) is -0.250. The van der Waals surface area contributed by atoms with E-state index in [2.05, 4.69) is 16.4 Å². The summed E-state index contributed by atoms with van der Waals surface area (Å²) in [6.07, 6.45) is 3.21. The SMILES string of the molecule is CCN(CC(C)C#N)C(=O)c1ccncc1NC. The Hall–Kier alpha value is -2.09. The fourth-order valence-electron chi connectivity index (χ4n) is 1.68. The van der Waals surface area contributed by atoms with Crippen LogP contribution >= 0.6 is 0 Å². The number of hydrogen-bond donors (Lipinski definition) is 1. The fraction of sp³-hybridized carbons (Fsp3) is 0.462. The number of amides is 1. The Morgan fingerprint density at radius 1 is 1.67 bits per heavy atom. The highest BCUT2D eigenvalue weighted by atomic mass is 16.2. The van der Waals surface area contributed by atoms with E-state index >= 15 is 0 Å². The van der Waals surface area contributed by atoms with Crippen molar-refractivity contribution in [1.29, 1.82) is 5.26 Å². The van der Waals surface area contributed by atoms with Crippen molar-refractivity contribution >= 4 is 11.6 Å². The highest BCUT2D eigenvalue weighted by Gasteiger charge is 2.19. The van der Waals surface area contributed by atoms with E-state index in [0.29, 0.717) is 24.3 Å². The number of nitriles is 1. The molecule has 96 valence electrons. The molecule has 0 radical (unpaired) electrons. The summed E-state index contributed by atoms with van der Waals surface area (Å²) in [5, 5.41) is 11.8. The van der Waals surface area contributed by atoms with E-state index in [0.717, 1.165) is 0 Å². The summed E-state index contributed by atoms with van der Waals surface area (Å²) < 4.78 is 0. The van der Waals surface area contributed by atoms with Gasteiger partial charge in [0, 0.05) is 26.3 Å². The molecule has 0 spiro atoms. The van der Waals surface area contributed by atoms with E-state index in [1.807, 2.05) is 13.8 Å². The first kappa shape index (κ1) is 14.0. The first-order valence-corrected chi connectivity index (χ1v) is 5.94. The van der Waals surface area contributed by atoms with Crippen LogP contribution < -0.4 is 5.32 Å². The second-order valence-electron chi connectivity index (χ2n) is 4.05. The van der Waals surface area contributed by atoms with Gasteiger partial charge in [-0.1, -0.05) is 0 Å². The molecule has 1 heterocycles. The molecule has 1 aromatic heterocycles. The number of aromatic nitrogens is 1. The summed E-state index contributed by atoms with van der Waals surface area (Å²) in [7, 11) is 1.75. The molecule has 0 bridgehead atoms. The van der Waals surface area contributed by atoms with Crippen LogP contribution in [-0.4, -0.2) is 35.9 Å². The third-order valence-corrected chi connectivity index (χ3v) is 2.70. The molecular formula is C13H18N4O. The van der Waals surface area contributed by atoms with E-state index in [9.17, 15) is 4.79 Å². The second-order valence-corrected chi connectivity index (χ2v) is 4.05. The minimum atomic E-state index is -0.172. The summed E-state index contributed by atoms with van der Waals surface area (Å²) in [6.45, 7) is 4.73. The van der Waals surface area contributed by atoms with Crippen molar-refractivity contribution in [2.45, 2.75) is 13.8 Å². The molecule has 1 N–H and O–H groups in total. The van der Waals surface area contributed by atoms with Gasteiger partial charge < -0.3 is 10.2 Å². The fourth-order valence-corrected chi connectivity index (χ4v) is 1.68. The minimum absolute atomic E-state index is 0.0775. The van der Waals surface area contributed by atoms with Gasteiger partial charge in [-0.05, 0) is 19.9 Å². The lowest BCUT2D eigenvalue weighted by molar-refractivity contribution is 0.0753. The molecule has 0 saturated heterocycles. The van der Waals surface area contributed by atoms with Gasteiger partial charge in [-0.15, -0.1) is 0 Å². The summed E-state index contributed by atoms with van der Waals surface area (Å²) >= 11 is 0. The number of carbonyl (C=O) groups is 1. The van der Waals surface area contributed by atoms with Crippen molar-refractivity contribution in [3.05, 3.63) is 24.0 Å². The molecule has 0 aromatic carbocycles. The number of carbonyl (C=O) groups excluding carboxylic acids is 1. The van der Waals surface area contributed by atoms with E-state index in [4.69, 9.17) is 5.26 Å². The van der Waals surface area contributed by atoms with E-state index in [1.54, 1.807) is 30.4 Å². The molecule has 1 atom stereocenters. The maximum atomic E-state index is 12.4. The Morgan fingerprint density at radius 2 is 2.39 bits per heavy atom. The Labute approximate surface area is 107 Å². The second kappa shape index (κ2) is 6.60. The van der Waals surface area contributed by atoms with E-state index in [1.165, 1.54) is 0 Å². The van der Waals surface area contributed by atoms with Crippen molar-refractivity contribution in [3.8, 4) is 6.07 Å². The molecule has 0 aliphatic carbocycles. The first-order chi connectivity index (χ1) is 8.63. The van der Waals surface area contributed by atoms with Crippen LogP contribution in [0.15, 0.2) is 18.5 Å². The predicted octanol–water partition coefficient (Wildman–Crippen LogP) is 1.75. The molecular weight excluding hydrogens is 228 g/mol. The van der Waals surface area contributed by atoms with Crippen LogP contribution in [0.4, 0.5) is 5.69 Å². The molecule has 0 aliphatic heterocycles. The highest BCUT2D eigenvalue weighted by molar-refractivity contribution is 5.99. The normalized spacial score (nSPS) is 11.4. The summed E-state index contributed by atoms with van der Waals surface area (Å²) in [6, 6.07) is 3.83. The standard InChI is InChI=1S/C13H18N4O/c1-4-17(9-10(2)7-14)13(18)11-5-6-16-8-12(11)15-3/h5-6,8,10,15H,4,9H2,1-3H3. The molecule has 1 unspecified atom stereocenters. The number of nitrogens with one attached hydrogen (secondary N) is 1. The number of hydrogen-bond acceptors (Lipinski definition) is 4. The highest BCUT2D eigenvalue weighted by Crippen LogP contribution is 2.15. The number of pyridine rings is 1. The number of rotatable bonds is 5. The van der Waals surface area contributed by atoms with Crippen LogP contribution in [0.5, 0.6) is 0 Å². The molecule has 1 amide bonds. The summed E-state index contributed by atoms with van der Waals surface area (Å²) in [5.41, 5.74) is 1.28. The maximum Gasteiger partial charge on any atom is 0.256 e. The van der Waals surface area contributed by atoms with Gasteiger partial charge in [0.25, 0.3) is 5.91 Å². The van der Waals surface area contributed by atoms with Crippen LogP contribution in [0.2, 0.25) is 0 Å². The van der Waals surface area contributed by atoms with Crippen LogP contribution in [0, 0.1) is 17.2 Å². The predicted molar refractivity (Wildman–Crippen MR) is 70.1 cm³/mol. The van der Waals surface area contributed by atoms with E-state index in [-0.39, 0.29) is 11.8 Å². The molecule has 0 aliphatic rings. The quantitative estimate of drug-likeness (QED) is 0.859. The largest absolute Gasteiger partial charge is 0.386 e. The topological polar surface area (TPSA) is 69.0 Å². The van der Waals surface area contributed by atoms with Gasteiger partial charge in [0.15, 0.2) is 0 Å². The molecule has 5 heteroatoms. The van der Waals surface area contributed by atoms with Crippen molar-refractivity contribution in [3.63, 3.8) is 0 Å². The van der Waals surface area contributed by atoms with Gasteiger partial charge in [0.2, 0.25) is 0 Å². The Balaban J connectivity index is 2.93. The lowest BCUT2D eigenvalue weighted by atomic mass is 10.1. The van der Waals surface area contributed by atoms with Crippen molar-refractivity contribution in [2.75, 3.05) is 25.5 Å². The average molecular weight is 246 g/mol. The van der Waals surface area contributed by atoms with E-state index < -0.39 is 0 Å². The smallest absolute Gasteiger partial charge is 0.256 e. The minimum Gasteiger partial charge on any atom is -0.386 e. The van der Waals surface area contributed by atoms with Gasteiger partial charge in [-0.25, -0.2) is 0 Å². The average Bonchev–Trinajstić information content (AvgIpc) is 2.43. The van der Waals surface area contributed by atoms with Crippen LogP contribution in [-0.2, 0) is 0 Å². The monoisotopic (exact) mass is 246 g/mol.